The van der Waals surface area contributed by atoms with Crippen LogP contribution in [0.1, 0.15) is 22.6 Å². The van der Waals surface area contributed by atoms with E-state index in [1.165, 1.54) is 17.2 Å². The highest BCUT2D eigenvalue weighted by atomic mass is 79.9. The highest BCUT2D eigenvalue weighted by Gasteiger charge is 2.32. The Balaban J connectivity index is 1.81. The number of benzene rings is 2. The number of hydrogen-bond acceptors (Lipinski definition) is 1. The maximum absolute atomic E-state index is 13.9. The van der Waals surface area contributed by atoms with Gasteiger partial charge >= 0.3 is 0 Å². The summed E-state index contributed by atoms with van der Waals surface area (Å²) < 4.78 is 14.8. The first-order valence-corrected chi connectivity index (χ1v) is 7.67. The molecule has 3 heteroatoms. The molecule has 0 aliphatic heterocycles. The Morgan fingerprint density at radius 3 is 2.85 bits per heavy atom. The summed E-state index contributed by atoms with van der Waals surface area (Å²) >= 11 is 3.41. The van der Waals surface area contributed by atoms with E-state index in [1.807, 2.05) is 13.1 Å². The summed E-state index contributed by atoms with van der Waals surface area (Å²) in [7, 11) is 1.96. The molecule has 1 aliphatic carbocycles. The molecule has 2 aromatic rings. The predicted octanol–water partition coefficient (Wildman–Crippen LogP) is 4.06. The van der Waals surface area contributed by atoms with Crippen molar-refractivity contribution in [1.29, 1.82) is 0 Å². The molecule has 104 valence electrons. The molecule has 2 unspecified atom stereocenters. The van der Waals surface area contributed by atoms with Gasteiger partial charge in [0.1, 0.15) is 5.82 Å². The number of nitrogens with one attached hydrogen (secondary N) is 1. The van der Waals surface area contributed by atoms with Crippen LogP contribution in [0.4, 0.5) is 4.39 Å². The lowest BCUT2D eigenvalue weighted by atomic mass is 9.72. The van der Waals surface area contributed by atoms with Gasteiger partial charge < -0.3 is 5.32 Å². The van der Waals surface area contributed by atoms with Crippen LogP contribution in [-0.2, 0) is 12.8 Å². The van der Waals surface area contributed by atoms with Gasteiger partial charge in [0.25, 0.3) is 0 Å². The topological polar surface area (TPSA) is 12.0 Å². The number of rotatable bonds is 4. The molecule has 0 fully saturated rings. The molecule has 0 spiro atoms. The lowest BCUT2D eigenvalue weighted by Crippen LogP contribution is -2.39. The average Bonchev–Trinajstić information content (AvgIpc) is 2.43. The van der Waals surface area contributed by atoms with Gasteiger partial charge in [0.2, 0.25) is 0 Å². The van der Waals surface area contributed by atoms with Crippen LogP contribution >= 0.6 is 15.9 Å². The lowest BCUT2D eigenvalue weighted by Gasteiger charge is -2.36. The fraction of sp³-hybridized carbons (Fsp3) is 0.294. The van der Waals surface area contributed by atoms with Crippen LogP contribution in [0.15, 0.2) is 46.9 Å². The number of fused-ring (bicyclic) bond motifs is 1. The Labute approximate surface area is 127 Å². The number of halogens is 2. The van der Waals surface area contributed by atoms with Gasteiger partial charge in [-0.15, -0.1) is 0 Å². The van der Waals surface area contributed by atoms with E-state index in [2.05, 4.69) is 45.5 Å². The summed E-state index contributed by atoms with van der Waals surface area (Å²) in [6, 6.07) is 13.9. The van der Waals surface area contributed by atoms with Crippen LogP contribution in [0.3, 0.4) is 0 Å². The smallest absolute Gasteiger partial charge is 0.126 e. The van der Waals surface area contributed by atoms with Crippen molar-refractivity contribution in [1.82, 2.24) is 5.32 Å². The summed E-state index contributed by atoms with van der Waals surface area (Å²) in [4.78, 5) is 0. The maximum Gasteiger partial charge on any atom is 0.126 e. The Hall–Kier alpha value is -1.19. The Morgan fingerprint density at radius 2 is 2.10 bits per heavy atom. The van der Waals surface area contributed by atoms with E-state index in [-0.39, 0.29) is 11.9 Å². The van der Waals surface area contributed by atoms with Gasteiger partial charge in [0.05, 0.1) is 0 Å². The summed E-state index contributed by atoms with van der Waals surface area (Å²) in [5.41, 5.74) is 3.60. The standard InChI is InChI=1S/C17H17BrFN/c1-20-17(10-12-8-13(18)6-7-16(12)19)15-9-11-4-2-3-5-14(11)15/h2-8,15,17,20H,9-10H2,1H3. The van der Waals surface area contributed by atoms with Crippen LogP contribution in [0, 0.1) is 5.82 Å². The summed E-state index contributed by atoms with van der Waals surface area (Å²) in [6.07, 6.45) is 1.79. The third-order valence-electron chi connectivity index (χ3n) is 4.20. The van der Waals surface area contributed by atoms with Gasteiger partial charge in [-0.3, -0.25) is 0 Å². The molecular formula is C17H17BrFN. The summed E-state index contributed by atoms with van der Waals surface area (Å²) in [5, 5.41) is 3.36. The Kier molecular flexibility index (Phi) is 3.90. The predicted molar refractivity (Wildman–Crippen MR) is 83.5 cm³/mol. The van der Waals surface area contributed by atoms with E-state index in [9.17, 15) is 4.39 Å². The molecule has 0 amide bonds. The average molecular weight is 334 g/mol. The van der Waals surface area contributed by atoms with Crippen LogP contribution in [-0.4, -0.2) is 13.1 Å². The molecule has 0 aromatic heterocycles. The molecule has 3 rings (SSSR count). The fourth-order valence-corrected chi connectivity index (χ4v) is 3.45. The first-order valence-electron chi connectivity index (χ1n) is 6.88. The molecule has 0 saturated heterocycles. The molecule has 0 bridgehead atoms. The van der Waals surface area contributed by atoms with Crippen molar-refractivity contribution in [3.8, 4) is 0 Å². The van der Waals surface area contributed by atoms with Crippen molar-refractivity contribution in [2.75, 3.05) is 7.05 Å². The monoisotopic (exact) mass is 333 g/mol. The van der Waals surface area contributed by atoms with Crippen molar-refractivity contribution in [3.63, 3.8) is 0 Å². The molecular weight excluding hydrogens is 317 g/mol. The highest BCUT2D eigenvalue weighted by Crippen LogP contribution is 2.38. The molecule has 2 atom stereocenters. The van der Waals surface area contributed by atoms with Crippen LogP contribution in [0.2, 0.25) is 0 Å². The van der Waals surface area contributed by atoms with E-state index < -0.39 is 0 Å². The van der Waals surface area contributed by atoms with Gasteiger partial charge in [-0.1, -0.05) is 40.2 Å². The molecule has 2 aromatic carbocycles. The molecule has 1 N–H and O–H groups in total. The van der Waals surface area contributed by atoms with E-state index in [1.54, 1.807) is 6.07 Å². The Morgan fingerprint density at radius 1 is 1.30 bits per heavy atom. The van der Waals surface area contributed by atoms with Gasteiger partial charge in [0.15, 0.2) is 0 Å². The quantitative estimate of drug-likeness (QED) is 0.889. The molecule has 0 saturated carbocycles. The van der Waals surface area contributed by atoms with Gasteiger partial charge in [-0.2, -0.15) is 0 Å². The third-order valence-corrected chi connectivity index (χ3v) is 4.69. The van der Waals surface area contributed by atoms with Crippen molar-refractivity contribution >= 4 is 15.9 Å². The Bertz CT molecular complexity index is 626. The molecule has 0 heterocycles. The van der Waals surface area contributed by atoms with E-state index in [4.69, 9.17) is 0 Å². The van der Waals surface area contributed by atoms with Gasteiger partial charge in [-0.05, 0) is 54.8 Å². The second kappa shape index (κ2) is 5.66. The van der Waals surface area contributed by atoms with E-state index in [0.717, 1.165) is 16.5 Å². The first kappa shape index (κ1) is 13.8. The van der Waals surface area contributed by atoms with Crippen LogP contribution in [0.5, 0.6) is 0 Å². The van der Waals surface area contributed by atoms with Crippen molar-refractivity contribution in [3.05, 3.63) is 69.4 Å². The zero-order chi connectivity index (χ0) is 14.1. The third kappa shape index (κ3) is 2.52. The number of hydrogen-bond donors (Lipinski definition) is 1. The van der Waals surface area contributed by atoms with Crippen molar-refractivity contribution < 1.29 is 4.39 Å². The highest BCUT2D eigenvalue weighted by molar-refractivity contribution is 9.10. The molecule has 1 nitrogen and oxygen atoms in total. The lowest BCUT2D eigenvalue weighted by molar-refractivity contribution is 0.417. The zero-order valence-electron chi connectivity index (χ0n) is 11.4. The summed E-state index contributed by atoms with van der Waals surface area (Å²) in [6.45, 7) is 0. The van der Waals surface area contributed by atoms with E-state index >= 15 is 0 Å². The minimum atomic E-state index is -0.124. The van der Waals surface area contributed by atoms with Gasteiger partial charge in [-0.25, -0.2) is 4.39 Å². The minimum Gasteiger partial charge on any atom is -0.316 e. The molecule has 1 aliphatic rings. The largest absolute Gasteiger partial charge is 0.316 e. The van der Waals surface area contributed by atoms with Crippen LogP contribution < -0.4 is 5.32 Å². The molecule has 20 heavy (non-hydrogen) atoms. The van der Waals surface area contributed by atoms with Crippen molar-refractivity contribution in [2.24, 2.45) is 0 Å². The first-order chi connectivity index (χ1) is 9.69. The normalized spacial score (nSPS) is 18.2. The van der Waals surface area contributed by atoms with Crippen LogP contribution in [0.25, 0.3) is 0 Å². The van der Waals surface area contributed by atoms with Crippen molar-refractivity contribution in [2.45, 2.75) is 24.8 Å². The number of likely N-dealkylation sites (N-methyl/N-ethyl adjacent to an activating group) is 1. The summed E-state index contributed by atoms with van der Waals surface area (Å²) in [5.74, 6) is 0.357. The second-order valence-corrected chi connectivity index (χ2v) is 6.26. The maximum atomic E-state index is 13.9. The fourth-order valence-electron chi connectivity index (χ4n) is 3.04. The minimum absolute atomic E-state index is 0.124. The van der Waals surface area contributed by atoms with Gasteiger partial charge in [0, 0.05) is 16.4 Å². The second-order valence-electron chi connectivity index (χ2n) is 5.34. The molecule has 0 radical (unpaired) electrons. The SMILES string of the molecule is CNC(Cc1cc(Br)ccc1F)C1Cc2ccccc21. The van der Waals surface area contributed by atoms with E-state index in [0.29, 0.717) is 12.3 Å². The zero-order valence-corrected chi connectivity index (χ0v) is 13.0.